The third kappa shape index (κ3) is 7.18. The van der Waals surface area contributed by atoms with E-state index in [0.29, 0.717) is 16.9 Å². The van der Waals surface area contributed by atoms with Gasteiger partial charge in [-0.3, -0.25) is 0 Å². The van der Waals surface area contributed by atoms with Gasteiger partial charge in [0.2, 0.25) is 0 Å². The van der Waals surface area contributed by atoms with E-state index in [-0.39, 0.29) is 22.8 Å². The van der Waals surface area contributed by atoms with Gasteiger partial charge in [-0.25, -0.2) is 16.8 Å². The van der Waals surface area contributed by atoms with Crippen molar-refractivity contribution in [3.8, 4) is 5.75 Å². The summed E-state index contributed by atoms with van der Waals surface area (Å²) in [4.78, 5) is 0.202. The van der Waals surface area contributed by atoms with Crippen LogP contribution < -0.4 is 10.5 Å². The van der Waals surface area contributed by atoms with Crippen LogP contribution in [0.15, 0.2) is 88.7 Å². The minimum absolute atomic E-state index is 0.0416. The lowest BCUT2D eigenvalue weighted by molar-refractivity contribution is 0.0235. The number of aliphatic hydroxyl groups excluding tert-OH is 1. The average molecular weight is 548 g/mol. The smallest absolute Gasteiger partial charge is 0.175 e. The first-order valence-corrected chi connectivity index (χ1v) is 15.4. The molecule has 8 nitrogen and oxygen atoms in total. The Balaban J connectivity index is 1.90. The second kappa shape index (κ2) is 11.3. The fourth-order valence-corrected chi connectivity index (χ4v) is 5.41. The van der Waals surface area contributed by atoms with Crippen LogP contribution in [0, 0.1) is 5.92 Å². The number of sulfone groups is 2. The first-order valence-electron chi connectivity index (χ1n) is 11.7. The Kier molecular flexibility index (Phi) is 8.81. The summed E-state index contributed by atoms with van der Waals surface area (Å²) >= 11 is 0. The summed E-state index contributed by atoms with van der Waals surface area (Å²) in [6.07, 6.45) is 1.23. The van der Waals surface area contributed by atoms with Gasteiger partial charge in [-0.15, -0.1) is 0 Å². The van der Waals surface area contributed by atoms with Crippen molar-refractivity contribution in [3.63, 3.8) is 0 Å². The second-order valence-electron chi connectivity index (χ2n) is 9.40. The first kappa shape index (κ1) is 28.8. The van der Waals surface area contributed by atoms with E-state index in [1.807, 2.05) is 18.2 Å². The molecule has 3 aromatic rings. The Bertz CT molecular complexity index is 1310. The maximum Gasteiger partial charge on any atom is 0.175 e. The lowest BCUT2D eigenvalue weighted by Gasteiger charge is -2.35. The van der Waals surface area contributed by atoms with Crippen LogP contribution in [0.4, 0.5) is 0 Å². The van der Waals surface area contributed by atoms with Gasteiger partial charge in [-0.05, 0) is 59.9 Å². The van der Waals surface area contributed by atoms with Gasteiger partial charge in [0.05, 0.1) is 9.79 Å². The molecule has 0 heterocycles. The van der Waals surface area contributed by atoms with Gasteiger partial charge >= 0.3 is 0 Å². The Labute approximate surface area is 218 Å². The predicted molar refractivity (Wildman–Crippen MR) is 142 cm³/mol. The third-order valence-corrected chi connectivity index (χ3v) is 8.66. The Morgan fingerprint density at radius 1 is 0.811 bits per heavy atom. The maximum absolute atomic E-state index is 12.0. The molecule has 37 heavy (non-hydrogen) atoms. The van der Waals surface area contributed by atoms with Crippen molar-refractivity contribution >= 4 is 19.7 Å². The van der Waals surface area contributed by atoms with Crippen molar-refractivity contribution in [1.29, 1.82) is 0 Å². The summed E-state index contributed by atoms with van der Waals surface area (Å²) in [5.74, 6) is 0.165. The van der Waals surface area contributed by atoms with Gasteiger partial charge in [0.1, 0.15) is 24.1 Å². The number of rotatable bonds is 11. The van der Waals surface area contributed by atoms with E-state index >= 15 is 0 Å². The molecule has 0 spiro atoms. The van der Waals surface area contributed by atoms with E-state index in [1.54, 1.807) is 19.1 Å². The van der Waals surface area contributed by atoms with E-state index in [0.717, 1.165) is 12.5 Å². The quantitative estimate of drug-likeness (QED) is 0.332. The molecular weight excluding hydrogens is 514 g/mol. The summed E-state index contributed by atoms with van der Waals surface area (Å²) in [5, 5.41) is 22.7. The molecule has 3 rings (SSSR count). The monoisotopic (exact) mass is 547 g/mol. The van der Waals surface area contributed by atoms with Crippen LogP contribution in [0.5, 0.6) is 5.75 Å². The highest BCUT2D eigenvalue weighted by Crippen LogP contribution is 2.37. The number of para-hydroxylation sites is 1. The third-order valence-electron chi connectivity index (χ3n) is 6.40. The molecule has 0 saturated heterocycles. The second-order valence-corrected chi connectivity index (χ2v) is 13.4. The molecule has 10 heteroatoms. The minimum atomic E-state index is -3.44. The number of benzene rings is 3. The number of hydrogen-bond donors (Lipinski definition) is 3. The molecule has 0 aliphatic carbocycles. The lowest BCUT2D eigenvalue weighted by Crippen LogP contribution is -2.46. The zero-order chi connectivity index (χ0) is 27.4. The highest BCUT2D eigenvalue weighted by Gasteiger charge is 2.37. The molecule has 3 aromatic carbocycles. The zero-order valence-corrected chi connectivity index (χ0v) is 22.6. The van der Waals surface area contributed by atoms with Crippen molar-refractivity contribution in [2.75, 3.05) is 19.1 Å². The molecule has 0 radical (unpaired) electrons. The van der Waals surface area contributed by atoms with Gasteiger partial charge in [0.15, 0.2) is 19.7 Å². The predicted octanol–water partition coefficient (Wildman–Crippen LogP) is 2.52. The number of aliphatic hydroxyl groups is 2. The van der Waals surface area contributed by atoms with Crippen LogP contribution in [0.3, 0.4) is 0 Å². The summed E-state index contributed by atoms with van der Waals surface area (Å²) in [6.45, 7) is 1.75. The lowest BCUT2D eigenvalue weighted by atomic mass is 9.77. The SMILES string of the molecule is CC(CC(O)(c1ccc(S(C)(=O)=O)cc1)c1ccc(S(C)(=O)=O)cc1)C(N)[C@@H](O)COc1ccccc1. The van der Waals surface area contributed by atoms with Gasteiger partial charge in [0, 0.05) is 18.6 Å². The molecule has 0 bridgehead atoms. The van der Waals surface area contributed by atoms with E-state index in [1.165, 1.54) is 48.5 Å². The molecule has 0 fully saturated rings. The minimum Gasteiger partial charge on any atom is -0.491 e. The first-order chi connectivity index (χ1) is 17.2. The zero-order valence-electron chi connectivity index (χ0n) is 21.0. The van der Waals surface area contributed by atoms with Crippen LogP contribution in [-0.2, 0) is 25.3 Å². The van der Waals surface area contributed by atoms with Crippen LogP contribution in [0.25, 0.3) is 0 Å². The van der Waals surface area contributed by atoms with Crippen molar-refractivity contribution in [3.05, 3.63) is 90.0 Å². The number of hydrogen-bond acceptors (Lipinski definition) is 8. The van der Waals surface area contributed by atoms with Crippen molar-refractivity contribution in [2.24, 2.45) is 11.7 Å². The molecule has 0 saturated carbocycles. The fraction of sp³-hybridized carbons (Fsp3) is 0.333. The van der Waals surface area contributed by atoms with Gasteiger partial charge < -0.3 is 20.7 Å². The van der Waals surface area contributed by atoms with Gasteiger partial charge in [0.25, 0.3) is 0 Å². The highest BCUT2D eigenvalue weighted by molar-refractivity contribution is 7.91. The Hall–Kier alpha value is -2.76. The van der Waals surface area contributed by atoms with Crippen molar-refractivity contribution in [1.82, 2.24) is 0 Å². The fourth-order valence-electron chi connectivity index (χ4n) is 4.15. The standard InChI is InChI=1S/C27H33NO7S2/c1-19(26(28)25(29)18-35-22-7-5-4-6-8-22)17-27(30,20-9-13-23(14-10-20)36(2,31)32)21-11-15-24(16-12-21)37(3,33)34/h4-16,19,25-26,29-30H,17-18,28H2,1-3H3/t19?,25-,26?/m0/s1. The molecule has 0 amide bonds. The van der Waals surface area contributed by atoms with Crippen LogP contribution in [0.1, 0.15) is 24.5 Å². The molecule has 4 N–H and O–H groups in total. The van der Waals surface area contributed by atoms with E-state index in [9.17, 15) is 27.0 Å². The van der Waals surface area contributed by atoms with E-state index in [4.69, 9.17) is 10.5 Å². The largest absolute Gasteiger partial charge is 0.491 e. The van der Waals surface area contributed by atoms with Crippen LogP contribution in [-0.4, -0.2) is 58.3 Å². The summed E-state index contributed by atoms with van der Waals surface area (Å²) in [6, 6.07) is 20.0. The molecule has 200 valence electrons. The molecule has 0 aliphatic rings. The summed E-state index contributed by atoms with van der Waals surface area (Å²) < 4.78 is 53.3. The van der Waals surface area contributed by atoms with Crippen molar-refractivity contribution in [2.45, 2.75) is 40.9 Å². The maximum atomic E-state index is 12.0. The van der Waals surface area contributed by atoms with Gasteiger partial charge in [-0.1, -0.05) is 49.4 Å². The topological polar surface area (TPSA) is 144 Å². The van der Waals surface area contributed by atoms with Gasteiger partial charge in [-0.2, -0.15) is 0 Å². The highest BCUT2D eigenvalue weighted by atomic mass is 32.2. The molecule has 0 aromatic heterocycles. The van der Waals surface area contributed by atoms with E-state index < -0.39 is 43.3 Å². The number of ether oxygens (including phenoxy) is 1. The van der Waals surface area contributed by atoms with Crippen LogP contribution >= 0.6 is 0 Å². The summed E-state index contributed by atoms with van der Waals surface area (Å²) in [5.41, 5.74) is 5.51. The van der Waals surface area contributed by atoms with Crippen molar-refractivity contribution < 1.29 is 31.8 Å². The molecular formula is C27H33NO7S2. The summed E-state index contributed by atoms with van der Waals surface area (Å²) in [7, 11) is -6.89. The molecule has 3 atom stereocenters. The van der Waals surface area contributed by atoms with E-state index in [2.05, 4.69) is 0 Å². The normalized spacial score (nSPS) is 15.1. The molecule has 0 aliphatic heterocycles. The molecule has 2 unspecified atom stereocenters. The average Bonchev–Trinajstić information content (AvgIpc) is 2.86. The van der Waals surface area contributed by atoms with Crippen LogP contribution in [0.2, 0.25) is 0 Å². The Morgan fingerprint density at radius 3 is 1.65 bits per heavy atom. The Morgan fingerprint density at radius 2 is 1.24 bits per heavy atom. The number of nitrogens with two attached hydrogens (primary N) is 1.